The Kier molecular flexibility index (Phi) is 1.45. The normalized spacial score (nSPS) is 14.8. The third-order valence-corrected chi connectivity index (χ3v) is 2.28. The zero-order chi connectivity index (χ0) is 9.59. The molecule has 4 N–H and O–H groups in total. The van der Waals surface area contributed by atoms with Crippen molar-refractivity contribution in [3.05, 3.63) is 23.3 Å². The van der Waals surface area contributed by atoms with Gasteiger partial charge in [-0.1, -0.05) is 0 Å². The van der Waals surface area contributed by atoms with E-state index in [4.69, 9.17) is 11.5 Å². The minimum absolute atomic E-state index is 0.00556. The summed E-state index contributed by atoms with van der Waals surface area (Å²) in [6, 6.07) is 3.36. The van der Waals surface area contributed by atoms with Crippen LogP contribution in [-0.2, 0) is 6.54 Å². The molecule has 0 fully saturated rings. The largest absolute Gasteiger partial charge is 0.399 e. The number of rotatable bonds is 0. The van der Waals surface area contributed by atoms with Crippen LogP contribution in [0.3, 0.4) is 0 Å². The van der Waals surface area contributed by atoms with Crippen LogP contribution in [0.15, 0.2) is 12.1 Å². The fourth-order valence-corrected chi connectivity index (χ4v) is 1.60. The maximum atomic E-state index is 11.5. The molecular formula is C9H11N3O. The van der Waals surface area contributed by atoms with Crippen molar-refractivity contribution in [2.45, 2.75) is 6.54 Å². The van der Waals surface area contributed by atoms with Crippen LogP contribution in [0.1, 0.15) is 15.9 Å². The van der Waals surface area contributed by atoms with E-state index >= 15 is 0 Å². The Morgan fingerprint density at radius 2 is 2.08 bits per heavy atom. The van der Waals surface area contributed by atoms with Crippen LogP contribution in [0.4, 0.5) is 11.4 Å². The summed E-state index contributed by atoms with van der Waals surface area (Å²) in [6.45, 7) is 0.584. The highest BCUT2D eigenvalue weighted by atomic mass is 16.2. The molecule has 68 valence electrons. The molecule has 1 heterocycles. The lowest BCUT2D eigenvalue weighted by Crippen LogP contribution is -2.17. The zero-order valence-electron chi connectivity index (χ0n) is 7.37. The summed E-state index contributed by atoms with van der Waals surface area (Å²) in [7, 11) is 1.75. The molecule has 4 heteroatoms. The Morgan fingerprint density at radius 1 is 1.38 bits per heavy atom. The second-order valence-corrected chi connectivity index (χ2v) is 3.30. The van der Waals surface area contributed by atoms with E-state index in [1.54, 1.807) is 24.1 Å². The molecule has 0 unspecified atom stereocenters. The van der Waals surface area contributed by atoms with Crippen molar-refractivity contribution in [3.8, 4) is 0 Å². The zero-order valence-corrected chi connectivity index (χ0v) is 7.37. The molecule has 4 nitrogen and oxygen atoms in total. The Morgan fingerprint density at radius 3 is 2.77 bits per heavy atom. The van der Waals surface area contributed by atoms with E-state index < -0.39 is 0 Å². The van der Waals surface area contributed by atoms with Gasteiger partial charge in [0.1, 0.15) is 0 Å². The maximum Gasteiger partial charge on any atom is 0.254 e. The molecule has 13 heavy (non-hydrogen) atoms. The van der Waals surface area contributed by atoms with Crippen molar-refractivity contribution >= 4 is 17.3 Å². The summed E-state index contributed by atoms with van der Waals surface area (Å²) in [6.07, 6.45) is 0. The van der Waals surface area contributed by atoms with Gasteiger partial charge in [0.05, 0.1) is 0 Å². The summed E-state index contributed by atoms with van der Waals surface area (Å²) in [4.78, 5) is 13.1. The van der Waals surface area contributed by atoms with Crippen LogP contribution >= 0.6 is 0 Å². The number of nitrogens with zero attached hydrogens (tertiary/aromatic N) is 1. The SMILES string of the molecule is CN1Cc2c(N)cc(N)cc2C1=O. The average molecular weight is 177 g/mol. The molecule has 0 spiro atoms. The van der Waals surface area contributed by atoms with Crippen LogP contribution in [0.2, 0.25) is 0 Å². The predicted molar refractivity (Wildman–Crippen MR) is 51.1 cm³/mol. The third-order valence-electron chi connectivity index (χ3n) is 2.28. The van der Waals surface area contributed by atoms with Crippen molar-refractivity contribution < 1.29 is 4.79 Å². The number of nitrogen functional groups attached to an aromatic ring is 2. The molecule has 1 aliphatic rings. The summed E-state index contributed by atoms with van der Waals surface area (Å²) >= 11 is 0. The summed E-state index contributed by atoms with van der Waals surface area (Å²) in [5, 5.41) is 0. The maximum absolute atomic E-state index is 11.5. The van der Waals surface area contributed by atoms with E-state index in [1.807, 2.05) is 0 Å². The minimum Gasteiger partial charge on any atom is -0.399 e. The standard InChI is InChI=1S/C9H11N3O/c1-12-4-7-6(9(12)13)2-5(10)3-8(7)11/h2-3H,4,10-11H2,1H3. The number of carbonyl (C=O) groups is 1. The van der Waals surface area contributed by atoms with Crippen molar-refractivity contribution in [2.24, 2.45) is 0 Å². The lowest BCUT2D eigenvalue weighted by molar-refractivity contribution is 0.0816. The third kappa shape index (κ3) is 1.02. The summed E-state index contributed by atoms with van der Waals surface area (Å²) in [5.74, 6) is -0.00556. The van der Waals surface area contributed by atoms with Gasteiger partial charge in [0, 0.05) is 36.1 Å². The molecule has 0 saturated heterocycles. The molecule has 1 aromatic rings. The van der Waals surface area contributed by atoms with Crippen molar-refractivity contribution in [1.82, 2.24) is 4.90 Å². The number of benzene rings is 1. The first-order valence-electron chi connectivity index (χ1n) is 4.03. The Balaban J connectivity index is 2.64. The van der Waals surface area contributed by atoms with Gasteiger partial charge in [0.15, 0.2) is 0 Å². The van der Waals surface area contributed by atoms with Crippen LogP contribution in [0.25, 0.3) is 0 Å². The highest BCUT2D eigenvalue weighted by Gasteiger charge is 2.26. The van der Waals surface area contributed by atoms with E-state index in [-0.39, 0.29) is 5.91 Å². The molecule has 0 aromatic heterocycles. The lowest BCUT2D eigenvalue weighted by Gasteiger charge is -2.04. The molecule has 0 aliphatic carbocycles. The second kappa shape index (κ2) is 2.39. The van der Waals surface area contributed by atoms with Crippen molar-refractivity contribution in [1.29, 1.82) is 0 Å². The van der Waals surface area contributed by atoms with E-state index in [2.05, 4.69) is 0 Å². The van der Waals surface area contributed by atoms with Gasteiger partial charge >= 0.3 is 0 Å². The average Bonchev–Trinajstić information content (AvgIpc) is 2.32. The van der Waals surface area contributed by atoms with Gasteiger partial charge in [-0.25, -0.2) is 0 Å². The first-order chi connectivity index (χ1) is 6.09. The first kappa shape index (κ1) is 7.91. The number of amides is 1. The van der Waals surface area contributed by atoms with Gasteiger partial charge in [-0.3, -0.25) is 4.79 Å². The van der Waals surface area contributed by atoms with E-state index in [9.17, 15) is 4.79 Å². The molecular weight excluding hydrogens is 166 g/mol. The Labute approximate surface area is 76.1 Å². The fourth-order valence-electron chi connectivity index (χ4n) is 1.60. The fraction of sp³-hybridized carbons (Fsp3) is 0.222. The molecule has 2 rings (SSSR count). The lowest BCUT2D eigenvalue weighted by atomic mass is 10.1. The number of hydrogen-bond acceptors (Lipinski definition) is 3. The molecule has 1 amide bonds. The minimum atomic E-state index is -0.00556. The molecule has 0 saturated carbocycles. The number of hydrogen-bond donors (Lipinski definition) is 2. The quantitative estimate of drug-likeness (QED) is 0.565. The second-order valence-electron chi connectivity index (χ2n) is 3.30. The number of anilines is 2. The highest BCUT2D eigenvalue weighted by molar-refractivity contribution is 6.00. The highest BCUT2D eigenvalue weighted by Crippen LogP contribution is 2.28. The van der Waals surface area contributed by atoms with Crippen molar-refractivity contribution in [3.63, 3.8) is 0 Å². The molecule has 0 atom stereocenters. The smallest absolute Gasteiger partial charge is 0.254 e. The van der Waals surface area contributed by atoms with Gasteiger partial charge in [0.25, 0.3) is 5.91 Å². The van der Waals surface area contributed by atoms with Gasteiger partial charge in [0.2, 0.25) is 0 Å². The van der Waals surface area contributed by atoms with Crippen LogP contribution in [0, 0.1) is 0 Å². The monoisotopic (exact) mass is 177 g/mol. The molecule has 0 bridgehead atoms. The molecule has 1 aromatic carbocycles. The van der Waals surface area contributed by atoms with Crippen molar-refractivity contribution in [2.75, 3.05) is 18.5 Å². The number of fused-ring (bicyclic) bond motifs is 1. The van der Waals surface area contributed by atoms with Gasteiger partial charge < -0.3 is 16.4 Å². The summed E-state index contributed by atoms with van der Waals surface area (Å²) < 4.78 is 0. The Hall–Kier alpha value is -1.71. The van der Waals surface area contributed by atoms with E-state index in [0.717, 1.165) is 5.56 Å². The van der Waals surface area contributed by atoms with E-state index in [1.165, 1.54) is 0 Å². The molecule has 1 aliphatic heterocycles. The first-order valence-corrected chi connectivity index (χ1v) is 4.03. The van der Waals surface area contributed by atoms with E-state index in [0.29, 0.717) is 23.5 Å². The summed E-state index contributed by atoms with van der Waals surface area (Å²) in [5.41, 5.74) is 14.0. The number of carbonyl (C=O) groups excluding carboxylic acids is 1. The van der Waals surface area contributed by atoms with Crippen LogP contribution in [0.5, 0.6) is 0 Å². The van der Waals surface area contributed by atoms with Gasteiger partial charge in [-0.2, -0.15) is 0 Å². The van der Waals surface area contributed by atoms with Gasteiger partial charge in [-0.15, -0.1) is 0 Å². The topological polar surface area (TPSA) is 72.3 Å². The Bertz CT molecular complexity index is 387. The van der Waals surface area contributed by atoms with Gasteiger partial charge in [-0.05, 0) is 12.1 Å². The molecule has 0 radical (unpaired) electrons. The van der Waals surface area contributed by atoms with Crippen LogP contribution < -0.4 is 11.5 Å². The predicted octanol–water partition coefficient (Wildman–Crippen LogP) is 0.437. The van der Waals surface area contributed by atoms with Crippen LogP contribution in [-0.4, -0.2) is 17.9 Å². The number of nitrogens with two attached hydrogens (primary N) is 2.